The summed E-state index contributed by atoms with van der Waals surface area (Å²) in [6.07, 6.45) is -0.424. The van der Waals surface area contributed by atoms with Crippen molar-refractivity contribution < 1.29 is 14.7 Å². The van der Waals surface area contributed by atoms with E-state index in [1.54, 1.807) is 7.05 Å². The van der Waals surface area contributed by atoms with Crippen LogP contribution in [0.2, 0.25) is 0 Å². The maximum absolute atomic E-state index is 11.8. The van der Waals surface area contributed by atoms with E-state index in [1.807, 2.05) is 30.3 Å². The van der Waals surface area contributed by atoms with E-state index in [1.165, 1.54) is 4.90 Å². The number of carbonyl (C=O) groups excluding carboxylic acids is 2. The van der Waals surface area contributed by atoms with Crippen molar-refractivity contribution in [1.29, 1.82) is 0 Å². The summed E-state index contributed by atoms with van der Waals surface area (Å²) in [5.41, 5.74) is 5.71. The summed E-state index contributed by atoms with van der Waals surface area (Å²) in [7, 11) is 1.67. The molecule has 0 fully saturated rings. The van der Waals surface area contributed by atoms with Gasteiger partial charge < -0.3 is 16.2 Å². The fourth-order valence-electron chi connectivity index (χ4n) is 1.52. The standard InChI is InChI=1S/C13H19N3O3/c1-16(10-6-3-2-4-7-10)13(19)15-9-5-8-11(17)12(14)18/h2-4,6-7,11,17H,5,8-9H2,1H3,(H2,14,18)(H,15,19). The number of urea groups is 1. The van der Waals surface area contributed by atoms with Crippen LogP contribution in [0.5, 0.6) is 0 Å². The minimum atomic E-state index is -1.15. The van der Waals surface area contributed by atoms with Crippen LogP contribution in [0, 0.1) is 0 Å². The van der Waals surface area contributed by atoms with E-state index < -0.39 is 12.0 Å². The Morgan fingerprint density at radius 3 is 2.58 bits per heavy atom. The van der Waals surface area contributed by atoms with Crippen molar-refractivity contribution in [3.8, 4) is 0 Å². The lowest BCUT2D eigenvalue weighted by atomic mass is 10.2. The van der Waals surface area contributed by atoms with E-state index in [9.17, 15) is 14.7 Å². The Morgan fingerprint density at radius 2 is 2.00 bits per heavy atom. The van der Waals surface area contributed by atoms with Gasteiger partial charge in [-0.1, -0.05) is 18.2 Å². The summed E-state index contributed by atoms with van der Waals surface area (Å²) in [6, 6.07) is 9.00. The lowest BCUT2D eigenvalue weighted by Crippen LogP contribution is -2.38. The van der Waals surface area contributed by atoms with Crippen LogP contribution in [-0.4, -0.2) is 36.7 Å². The summed E-state index contributed by atoms with van der Waals surface area (Å²) in [5.74, 6) is -0.743. The number of primary amides is 1. The Hall–Kier alpha value is -2.08. The number of aliphatic hydroxyl groups excluding tert-OH is 1. The van der Waals surface area contributed by atoms with E-state index in [0.717, 1.165) is 5.69 Å². The molecule has 0 heterocycles. The zero-order valence-electron chi connectivity index (χ0n) is 10.9. The van der Waals surface area contributed by atoms with Crippen molar-refractivity contribution in [3.05, 3.63) is 30.3 Å². The average Bonchev–Trinajstić information content (AvgIpc) is 2.43. The van der Waals surface area contributed by atoms with Gasteiger partial charge in [0.1, 0.15) is 6.10 Å². The van der Waals surface area contributed by atoms with Crippen LogP contribution in [0.15, 0.2) is 30.3 Å². The molecule has 104 valence electrons. The molecule has 1 rings (SSSR count). The maximum atomic E-state index is 11.8. The van der Waals surface area contributed by atoms with Crippen molar-refractivity contribution in [2.45, 2.75) is 18.9 Å². The van der Waals surface area contributed by atoms with Gasteiger partial charge in [0.2, 0.25) is 5.91 Å². The summed E-state index contributed by atoms with van der Waals surface area (Å²) >= 11 is 0. The van der Waals surface area contributed by atoms with E-state index in [4.69, 9.17) is 5.73 Å². The first-order chi connectivity index (χ1) is 9.02. The average molecular weight is 265 g/mol. The normalized spacial score (nSPS) is 11.7. The molecule has 19 heavy (non-hydrogen) atoms. The first kappa shape index (κ1) is 15.0. The van der Waals surface area contributed by atoms with Gasteiger partial charge in [-0.15, -0.1) is 0 Å². The van der Waals surface area contributed by atoms with Crippen molar-refractivity contribution in [2.24, 2.45) is 5.73 Å². The fraction of sp³-hybridized carbons (Fsp3) is 0.385. The molecule has 0 bridgehead atoms. The third kappa shape index (κ3) is 4.97. The molecule has 6 heteroatoms. The lowest BCUT2D eigenvalue weighted by molar-refractivity contribution is -0.126. The quantitative estimate of drug-likeness (QED) is 0.652. The SMILES string of the molecule is CN(C(=O)NCCCC(O)C(N)=O)c1ccccc1. The number of benzene rings is 1. The number of nitrogens with zero attached hydrogens (tertiary/aromatic N) is 1. The molecule has 0 spiro atoms. The molecule has 0 saturated carbocycles. The van der Waals surface area contributed by atoms with Crippen molar-refractivity contribution in [2.75, 3.05) is 18.5 Å². The number of nitrogens with two attached hydrogens (primary N) is 1. The molecule has 6 nitrogen and oxygen atoms in total. The molecule has 1 aromatic rings. The van der Waals surface area contributed by atoms with Crippen LogP contribution in [0.25, 0.3) is 0 Å². The van der Waals surface area contributed by atoms with Crippen LogP contribution in [0.4, 0.5) is 10.5 Å². The number of hydrogen-bond donors (Lipinski definition) is 3. The van der Waals surface area contributed by atoms with Gasteiger partial charge in [0.05, 0.1) is 0 Å². The summed E-state index contributed by atoms with van der Waals surface area (Å²) in [6.45, 7) is 0.375. The second-order valence-corrected chi connectivity index (χ2v) is 4.19. The highest BCUT2D eigenvalue weighted by molar-refractivity contribution is 5.91. The molecule has 4 N–H and O–H groups in total. The zero-order chi connectivity index (χ0) is 14.3. The molecular formula is C13H19N3O3. The molecule has 0 radical (unpaired) electrons. The Labute approximate surface area is 112 Å². The van der Waals surface area contributed by atoms with Gasteiger partial charge in [0.25, 0.3) is 0 Å². The number of rotatable bonds is 6. The number of nitrogens with one attached hydrogen (secondary N) is 1. The zero-order valence-corrected chi connectivity index (χ0v) is 10.9. The largest absolute Gasteiger partial charge is 0.383 e. The molecule has 0 aliphatic rings. The second-order valence-electron chi connectivity index (χ2n) is 4.19. The Morgan fingerprint density at radius 1 is 1.37 bits per heavy atom. The molecule has 0 aromatic heterocycles. The van der Waals surface area contributed by atoms with Crippen LogP contribution in [0.3, 0.4) is 0 Å². The third-order valence-corrected chi connectivity index (χ3v) is 2.71. The number of aliphatic hydroxyl groups is 1. The highest BCUT2D eigenvalue weighted by Gasteiger charge is 2.12. The predicted octanol–water partition coefficient (Wildman–Crippen LogP) is 0.459. The van der Waals surface area contributed by atoms with Gasteiger partial charge in [-0.25, -0.2) is 4.79 Å². The topological polar surface area (TPSA) is 95.7 Å². The maximum Gasteiger partial charge on any atom is 0.321 e. The first-order valence-corrected chi connectivity index (χ1v) is 6.06. The first-order valence-electron chi connectivity index (χ1n) is 6.06. The molecule has 0 saturated heterocycles. The van der Waals surface area contributed by atoms with Gasteiger partial charge >= 0.3 is 6.03 Å². The van der Waals surface area contributed by atoms with Gasteiger partial charge in [0.15, 0.2) is 0 Å². The van der Waals surface area contributed by atoms with E-state index in [-0.39, 0.29) is 12.5 Å². The lowest BCUT2D eigenvalue weighted by Gasteiger charge is -2.18. The van der Waals surface area contributed by atoms with Crippen molar-refractivity contribution in [1.82, 2.24) is 5.32 Å². The minimum absolute atomic E-state index is 0.236. The van der Waals surface area contributed by atoms with Crippen LogP contribution in [0.1, 0.15) is 12.8 Å². The van der Waals surface area contributed by atoms with Crippen LogP contribution < -0.4 is 16.0 Å². The van der Waals surface area contributed by atoms with Crippen LogP contribution in [-0.2, 0) is 4.79 Å². The Bertz CT molecular complexity index is 422. The minimum Gasteiger partial charge on any atom is -0.383 e. The highest BCUT2D eigenvalue weighted by Crippen LogP contribution is 2.10. The van der Waals surface area contributed by atoms with E-state index >= 15 is 0 Å². The molecule has 1 unspecified atom stereocenters. The molecule has 1 atom stereocenters. The summed E-state index contributed by atoms with van der Waals surface area (Å²) in [4.78, 5) is 23.9. The number of hydrogen-bond acceptors (Lipinski definition) is 3. The summed E-state index contributed by atoms with van der Waals surface area (Å²) in [5, 5.41) is 11.9. The molecule has 1 aromatic carbocycles. The summed E-state index contributed by atoms with van der Waals surface area (Å²) < 4.78 is 0. The Kier molecular flexibility index (Phi) is 5.81. The second kappa shape index (κ2) is 7.38. The van der Waals surface area contributed by atoms with Crippen molar-refractivity contribution in [3.63, 3.8) is 0 Å². The Balaban J connectivity index is 2.30. The number of carbonyl (C=O) groups is 2. The molecular weight excluding hydrogens is 246 g/mol. The van der Waals surface area contributed by atoms with Gasteiger partial charge in [-0.3, -0.25) is 9.69 Å². The monoisotopic (exact) mass is 265 g/mol. The van der Waals surface area contributed by atoms with Gasteiger partial charge in [0, 0.05) is 19.3 Å². The third-order valence-electron chi connectivity index (χ3n) is 2.71. The number of para-hydroxylation sites is 1. The van der Waals surface area contributed by atoms with E-state index in [0.29, 0.717) is 13.0 Å². The molecule has 0 aliphatic heterocycles. The number of amides is 3. The van der Waals surface area contributed by atoms with Gasteiger partial charge in [-0.05, 0) is 25.0 Å². The highest BCUT2D eigenvalue weighted by atomic mass is 16.3. The van der Waals surface area contributed by atoms with E-state index in [2.05, 4.69) is 5.32 Å². The van der Waals surface area contributed by atoms with Gasteiger partial charge in [-0.2, -0.15) is 0 Å². The molecule has 3 amide bonds. The molecule has 0 aliphatic carbocycles. The smallest absolute Gasteiger partial charge is 0.321 e. The fourth-order valence-corrected chi connectivity index (χ4v) is 1.52. The number of anilines is 1. The predicted molar refractivity (Wildman–Crippen MR) is 72.7 cm³/mol. The van der Waals surface area contributed by atoms with Crippen molar-refractivity contribution >= 4 is 17.6 Å². The van der Waals surface area contributed by atoms with Crippen LogP contribution >= 0.6 is 0 Å².